The second kappa shape index (κ2) is 13.3. The van der Waals surface area contributed by atoms with Gasteiger partial charge in [0.2, 0.25) is 0 Å². The van der Waals surface area contributed by atoms with Gasteiger partial charge in [-0.2, -0.15) is 0 Å². The summed E-state index contributed by atoms with van der Waals surface area (Å²) in [7, 11) is 0. The van der Waals surface area contributed by atoms with Crippen molar-refractivity contribution >= 4 is 29.3 Å². The molecule has 0 saturated heterocycles. The van der Waals surface area contributed by atoms with E-state index >= 15 is 0 Å². The van der Waals surface area contributed by atoms with Gasteiger partial charge in [0.25, 0.3) is 0 Å². The molecule has 1 aliphatic rings. The van der Waals surface area contributed by atoms with Gasteiger partial charge in [0.1, 0.15) is 6.26 Å². The summed E-state index contributed by atoms with van der Waals surface area (Å²) in [6.45, 7) is 14.0. The van der Waals surface area contributed by atoms with Gasteiger partial charge in [-0.05, 0) is 53.5 Å². The molecule has 2 N–H and O–H groups in total. The van der Waals surface area contributed by atoms with Crippen LogP contribution in [0.15, 0.2) is 54.8 Å². The van der Waals surface area contributed by atoms with E-state index in [0.29, 0.717) is 23.6 Å². The Hall–Kier alpha value is -3.07. The molecule has 1 aliphatic heterocycles. The van der Waals surface area contributed by atoms with E-state index in [-0.39, 0.29) is 35.8 Å². The second-order valence-corrected chi connectivity index (χ2v) is 13.3. The summed E-state index contributed by atoms with van der Waals surface area (Å²) in [5.41, 5.74) is 1.69. The van der Waals surface area contributed by atoms with Gasteiger partial charge in [0.05, 0.1) is 19.3 Å². The topological polar surface area (TPSA) is 103 Å². The number of carbonyl (C=O) groups excluding carboxylic acids is 2. The van der Waals surface area contributed by atoms with Crippen molar-refractivity contribution in [1.82, 2.24) is 5.32 Å². The number of halogens is 1. The molecule has 0 bridgehead atoms. The number of rotatable bonds is 11. The highest BCUT2D eigenvalue weighted by Gasteiger charge is 2.59. The number of hydrogen-bond donors (Lipinski definition) is 2. The smallest absolute Gasteiger partial charge is 0.453 e. The maximum absolute atomic E-state index is 13.2. The van der Waals surface area contributed by atoms with Crippen LogP contribution in [0.4, 0.5) is 0 Å². The molecule has 2 atom stereocenters. The summed E-state index contributed by atoms with van der Waals surface area (Å²) in [5.74, 6) is -4.11. The molecule has 224 valence electrons. The highest BCUT2D eigenvalue weighted by atomic mass is 35.5. The minimum Gasteiger partial charge on any atom is -0.459 e. The van der Waals surface area contributed by atoms with Crippen LogP contribution >= 0.6 is 11.6 Å². The summed E-state index contributed by atoms with van der Waals surface area (Å²) in [6.07, 6.45) is 1.20. The minimum atomic E-state index is -2.38. The monoisotopic (exact) mass is 587 g/mol. The van der Waals surface area contributed by atoms with Crippen LogP contribution in [-0.2, 0) is 35.0 Å². The average Bonchev–Trinajstić information content (AvgIpc) is 3.35. The van der Waals surface area contributed by atoms with Crippen molar-refractivity contribution in [2.45, 2.75) is 72.8 Å². The third kappa shape index (κ3) is 9.48. The van der Waals surface area contributed by atoms with Gasteiger partial charge in [-0.15, -0.1) is 0 Å². The first-order chi connectivity index (χ1) is 19.1. The lowest BCUT2D eigenvalue weighted by Crippen LogP contribution is -2.51. The van der Waals surface area contributed by atoms with Crippen LogP contribution in [0.1, 0.15) is 71.3 Å². The molecule has 1 heterocycles. The molecule has 0 aromatic heterocycles. The molecule has 2 aromatic rings. The summed E-state index contributed by atoms with van der Waals surface area (Å²) in [5, 5.41) is 14.4. The lowest BCUT2D eigenvalue weighted by molar-refractivity contribution is -0.218. The zero-order valence-corrected chi connectivity index (χ0v) is 25.7. The summed E-state index contributed by atoms with van der Waals surface area (Å²) in [6, 6.07) is 14.7. The molecular weight excluding hydrogens is 546 g/mol. The van der Waals surface area contributed by atoms with Crippen molar-refractivity contribution in [2.24, 2.45) is 10.8 Å². The molecule has 0 fully saturated rings. The molecule has 0 saturated carbocycles. The fraction of sp³-hybridized carbons (Fsp3) is 0.500. The first-order valence-electron chi connectivity index (χ1n) is 13.8. The van der Waals surface area contributed by atoms with Gasteiger partial charge >= 0.3 is 17.7 Å². The number of ether oxygens (including phenoxy) is 4. The quantitative estimate of drug-likeness (QED) is 0.251. The maximum Gasteiger partial charge on any atom is 0.453 e. The lowest BCUT2D eigenvalue weighted by Gasteiger charge is -2.27. The Labute approximate surface area is 248 Å². The zero-order valence-electron chi connectivity index (χ0n) is 25.0. The summed E-state index contributed by atoms with van der Waals surface area (Å²) < 4.78 is 22.4. The average molecular weight is 588 g/mol. The Morgan fingerprint density at radius 1 is 0.976 bits per heavy atom. The molecule has 0 amide bonds. The van der Waals surface area contributed by atoms with Gasteiger partial charge in [-0.25, -0.2) is 9.59 Å². The number of benzene rings is 2. The van der Waals surface area contributed by atoms with Gasteiger partial charge in [-0.3, -0.25) is 0 Å². The van der Waals surface area contributed by atoms with Crippen molar-refractivity contribution in [1.29, 1.82) is 0 Å². The second-order valence-electron chi connectivity index (χ2n) is 12.9. The molecule has 41 heavy (non-hydrogen) atoms. The Morgan fingerprint density at radius 2 is 1.59 bits per heavy atom. The van der Waals surface area contributed by atoms with Gasteiger partial charge < -0.3 is 29.4 Å². The van der Waals surface area contributed by atoms with E-state index in [4.69, 9.17) is 30.5 Å². The Balaban J connectivity index is 1.69. The van der Waals surface area contributed by atoms with Crippen molar-refractivity contribution in [2.75, 3.05) is 19.8 Å². The van der Waals surface area contributed by atoms with E-state index in [1.54, 1.807) is 18.2 Å². The van der Waals surface area contributed by atoms with Crippen molar-refractivity contribution in [3.63, 3.8) is 0 Å². The number of aliphatic hydroxyl groups excluding tert-OH is 1. The largest absolute Gasteiger partial charge is 0.459 e. The van der Waals surface area contributed by atoms with E-state index in [0.717, 1.165) is 11.1 Å². The molecule has 2 aromatic carbocycles. The third-order valence-electron chi connectivity index (χ3n) is 6.04. The molecule has 0 unspecified atom stereocenters. The van der Waals surface area contributed by atoms with Crippen LogP contribution in [-0.4, -0.2) is 48.6 Å². The first kappa shape index (κ1) is 32.4. The molecule has 3 rings (SSSR count). The Morgan fingerprint density at radius 3 is 2.17 bits per heavy atom. The van der Waals surface area contributed by atoms with Gasteiger partial charge in [0, 0.05) is 23.2 Å². The first-order valence-corrected chi connectivity index (χ1v) is 14.1. The van der Waals surface area contributed by atoms with Crippen LogP contribution < -0.4 is 5.32 Å². The maximum atomic E-state index is 13.2. The zero-order chi connectivity index (χ0) is 30.4. The van der Waals surface area contributed by atoms with E-state index in [1.165, 1.54) is 6.26 Å². The van der Waals surface area contributed by atoms with Crippen molar-refractivity contribution in [3.05, 3.63) is 76.5 Å². The minimum absolute atomic E-state index is 0.0349. The molecule has 9 heteroatoms. The van der Waals surface area contributed by atoms with E-state index in [2.05, 4.69) is 5.32 Å². The van der Waals surface area contributed by atoms with Crippen molar-refractivity contribution in [3.8, 4) is 0 Å². The van der Waals surface area contributed by atoms with Crippen molar-refractivity contribution < 1.29 is 33.6 Å². The third-order valence-corrected chi connectivity index (χ3v) is 6.28. The van der Waals surface area contributed by atoms with Crippen LogP contribution in [0.3, 0.4) is 0 Å². The fourth-order valence-electron chi connectivity index (χ4n) is 3.91. The molecular formula is C32H42ClNO7. The van der Waals surface area contributed by atoms with E-state index in [9.17, 15) is 14.7 Å². The Kier molecular flexibility index (Phi) is 10.5. The van der Waals surface area contributed by atoms with Crippen LogP contribution in [0.2, 0.25) is 5.02 Å². The predicted octanol–water partition coefficient (Wildman–Crippen LogP) is 5.81. The molecule has 0 radical (unpaired) electrons. The highest BCUT2D eigenvalue weighted by molar-refractivity contribution is 6.30. The number of esters is 2. The number of hydrogen-bond acceptors (Lipinski definition) is 8. The van der Waals surface area contributed by atoms with Gasteiger partial charge in [0.15, 0.2) is 5.76 Å². The van der Waals surface area contributed by atoms with Gasteiger partial charge in [-0.1, -0.05) is 83.5 Å². The van der Waals surface area contributed by atoms with Crippen LogP contribution in [0.5, 0.6) is 0 Å². The SMILES string of the molecule is C[C@H](Cc1cccc(C2=COC(C(=O)OCC(C)(C)C)(C(=O)OCC(C)(C)C)O2)c1)NC[C@@H](O)c1cccc(Cl)c1. The van der Waals surface area contributed by atoms with Crippen LogP contribution in [0.25, 0.3) is 5.76 Å². The van der Waals surface area contributed by atoms with Crippen LogP contribution in [0, 0.1) is 10.8 Å². The standard InChI is InChI=1S/C32H42ClNO7/c1-21(34-17-26(35)23-11-9-13-25(33)16-23)14-22-10-8-12-24(15-22)27-18-40-32(41-27,28(36)38-19-30(2,3)4)29(37)39-20-31(5,6)7/h8-13,15-16,18,21,26,34-35H,14,17,19-20H2,1-7H3/t21-,26-/m1/s1. The summed E-state index contributed by atoms with van der Waals surface area (Å²) in [4.78, 5) is 26.3. The predicted molar refractivity (Wildman–Crippen MR) is 158 cm³/mol. The summed E-state index contributed by atoms with van der Waals surface area (Å²) >= 11 is 6.04. The number of carbonyl (C=O) groups is 2. The lowest BCUT2D eigenvalue weighted by atomic mass is 9.98. The normalized spacial score (nSPS) is 16.2. The molecule has 0 aliphatic carbocycles. The highest BCUT2D eigenvalue weighted by Crippen LogP contribution is 2.35. The Bertz CT molecular complexity index is 1220. The molecule has 0 spiro atoms. The molecule has 8 nitrogen and oxygen atoms in total. The fourth-order valence-corrected chi connectivity index (χ4v) is 4.10. The van der Waals surface area contributed by atoms with E-state index in [1.807, 2.05) is 78.8 Å². The van der Waals surface area contributed by atoms with E-state index < -0.39 is 23.8 Å². The number of nitrogens with one attached hydrogen (secondary N) is 1. The number of aliphatic hydroxyl groups is 1.